The summed E-state index contributed by atoms with van der Waals surface area (Å²) in [7, 11) is -1.12. The molecule has 5 nitrogen and oxygen atoms in total. The van der Waals surface area contributed by atoms with Gasteiger partial charge in [0.05, 0.1) is 16.8 Å². The zero-order chi connectivity index (χ0) is 22.2. The van der Waals surface area contributed by atoms with Gasteiger partial charge < -0.3 is 10.6 Å². The Labute approximate surface area is 183 Å². The number of amides is 2. The first kappa shape index (κ1) is 22.4. The number of carbonyl (C=O) groups is 2. The largest absolute Gasteiger partial charge is 0.351 e. The van der Waals surface area contributed by atoms with Crippen LogP contribution in [0, 0.1) is 12.7 Å². The van der Waals surface area contributed by atoms with Crippen LogP contribution in [0.2, 0.25) is 0 Å². The summed E-state index contributed by atoms with van der Waals surface area (Å²) in [5.74, 6) is -0.941. The fourth-order valence-electron chi connectivity index (χ4n) is 3.06. The zero-order valence-electron chi connectivity index (χ0n) is 17.1. The van der Waals surface area contributed by atoms with Crippen LogP contribution in [-0.2, 0) is 16.6 Å². The number of para-hydroxylation sites is 1. The van der Waals surface area contributed by atoms with Gasteiger partial charge >= 0.3 is 0 Å². The number of rotatable bonds is 8. The second kappa shape index (κ2) is 10.6. The number of benzene rings is 3. The van der Waals surface area contributed by atoms with Crippen molar-refractivity contribution in [1.29, 1.82) is 0 Å². The number of aryl methyl sites for hydroxylation is 1. The minimum absolute atomic E-state index is 0.103. The summed E-state index contributed by atoms with van der Waals surface area (Å²) < 4.78 is 26.2. The standard InChI is InChI=1S/C24H23FN2O3S/c1-17-8-7-12-20(22(17)27-24(29)19-11-5-6-13-21(19)25)23(28)26-14-15-31(30)16-18-9-3-2-4-10-18/h2-13H,14-16H2,1H3,(H,26,28)(H,27,29). The zero-order valence-corrected chi connectivity index (χ0v) is 17.9. The van der Waals surface area contributed by atoms with Crippen LogP contribution in [0.5, 0.6) is 0 Å². The molecule has 0 heterocycles. The van der Waals surface area contributed by atoms with E-state index in [2.05, 4.69) is 10.6 Å². The van der Waals surface area contributed by atoms with E-state index in [4.69, 9.17) is 0 Å². The van der Waals surface area contributed by atoms with Gasteiger partial charge in [-0.05, 0) is 36.2 Å². The maximum atomic E-state index is 13.9. The molecule has 2 N–H and O–H groups in total. The van der Waals surface area contributed by atoms with Gasteiger partial charge in [0.1, 0.15) is 5.82 Å². The fraction of sp³-hybridized carbons (Fsp3) is 0.167. The Morgan fingerprint density at radius 1 is 0.871 bits per heavy atom. The Hall–Kier alpha value is -3.32. The van der Waals surface area contributed by atoms with E-state index < -0.39 is 28.4 Å². The molecular weight excluding hydrogens is 415 g/mol. The van der Waals surface area contributed by atoms with Crippen molar-refractivity contribution in [2.24, 2.45) is 0 Å². The van der Waals surface area contributed by atoms with Crippen LogP contribution in [0.15, 0.2) is 72.8 Å². The van der Waals surface area contributed by atoms with E-state index in [0.717, 1.165) is 5.56 Å². The van der Waals surface area contributed by atoms with Crippen LogP contribution in [0.3, 0.4) is 0 Å². The quantitative estimate of drug-likeness (QED) is 0.557. The molecule has 31 heavy (non-hydrogen) atoms. The Balaban J connectivity index is 1.63. The van der Waals surface area contributed by atoms with Gasteiger partial charge in [0.2, 0.25) is 0 Å². The van der Waals surface area contributed by atoms with Crippen molar-refractivity contribution in [2.45, 2.75) is 12.7 Å². The highest BCUT2D eigenvalue weighted by Crippen LogP contribution is 2.22. The monoisotopic (exact) mass is 438 g/mol. The molecule has 0 aromatic heterocycles. The fourth-order valence-corrected chi connectivity index (χ4v) is 4.09. The Kier molecular flexibility index (Phi) is 7.67. The lowest BCUT2D eigenvalue weighted by molar-refractivity contribution is 0.0957. The van der Waals surface area contributed by atoms with Crippen molar-refractivity contribution in [3.8, 4) is 0 Å². The Bertz CT molecular complexity index is 1100. The van der Waals surface area contributed by atoms with Crippen LogP contribution >= 0.6 is 0 Å². The molecule has 0 saturated heterocycles. The minimum atomic E-state index is -1.12. The highest BCUT2D eigenvalue weighted by atomic mass is 32.2. The lowest BCUT2D eigenvalue weighted by atomic mass is 10.1. The van der Waals surface area contributed by atoms with E-state index in [1.54, 1.807) is 31.2 Å². The number of halogens is 1. The van der Waals surface area contributed by atoms with Crippen molar-refractivity contribution in [3.63, 3.8) is 0 Å². The third kappa shape index (κ3) is 6.08. The molecule has 3 rings (SSSR count). The van der Waals surface area contributed by atoms with Gasteiger partial charge in [0, 0.05) is 28.9 Å². The predicted octanol–water partition coefficient (Wildman–Crippen LogP) is 4.07. The average molecular weight is 439 g/mol. The molecule has 0 spiro atoms. The average Bonchev–Trinajstić information content (AvgIpc) is 2.76. The number of nitrogens with one attached hydrogen (secondary N) is 2. The SMILES string of the molecule is Cc1cccc(C(=O)NCCS(=O)Cc2ccccc2)c1NC(=O)c1ccccc1F. The van der Waals surface area contributed by atoms with Crippen molar-refractivity contribution < 1.29 is 18.2 Å². The predicted molar refractivity (Wildman–Crippen MR) is 121 cm³/mol. The molecule has 1 atom stereocenters. The summed E-state index contributed by atoms with van der Waals surface area (Å²) in [5, 5.41) is 5.40. The first-order chi connectivity index (χ1) is 15.0. The van der Waals surface area contributed by atoms with E-state index in [0.29, 0.717) is 22.8 Å². The first-order valence-corrected chi connectivity index (χ1v) is 11.3. The second-order valence-corrected chi connectivity index (χ2v) is 8.54. The lowest BCUT2D eigenvalue weighted by Gasteiger charge is -2.14. The summed E-state index contributed by atoms with van der Waals surface area (Å²) in [5.41, 5.74) is 2.12. The summed E-state index contributed by atoms with van der Waals surface area (Å²) in [4.78, 5) is 25.2. The summed E-state index contributed by atoms with van der Waals surface area (Å²) >= 11 is 0. The first-order valence-electron chi connectivity index (χ1n) is 9.78. The van der Waals surface area contributed by atoms with Crippen molar-refractivity contribution in [2.75, 3.05) is 17.6 Å². The number of carbonyl (C=O) groups excluding carboxylic acids is 2. The van der Waals surface area contributed by atoms with Gasteiger partial charge in [-0.25, -0.2) is 4.39 Å². The molecule has 0 radical (unpaired) electrons. The van der Waals surface area contributed by atoms with Gasteiger partial charge in [-0.3, -0.25) is 13.8 Å². The molecule has 2 amide bonds. The molecule has 1 unspecified atom stereocenters. The molecule has 0 saturated carbocycles. The van der Waals surface area contributed by atoms with E-state index >= 15 is 0 Å². The van der Waals surface area contributed by atoms with Gasteiger partial charge in [-0.15, -0.1) is 0 Å². The van der Waals surface area contributed by atoms with E-state index in [1.165, 1.54) is 18.2 Å². The molecule has 160 valence electrons. The van der Waals surface area contributed by atoms with E-state index in [1.807, 2.05) is 30.3 Å². The molecule has 3 aromatic carbocycles. The Morgan fingerprint density at radius 2 is 1.55 bits per heavy atom. The van der Waals surface area contributed by atoms with Gasteiger partial charge in [0.15, 0.2) is 0 Å². The molecule has 0 aliphatic rings. The molecule has 0 aliphatic heterocycles. The molecule has 0 fully saturated rings. The summed E-state index contributed by atoms with van der Waals surface area (Å²) in [6.45, 7) is 1.98. The maximum Gasteiger partial charge on any atom is 0.258 e. The van der Waals surface area contributed by atoms with Crippen molar-refractivity contribution in [3.05, 3.63) is 101 Å². The number of hydrogen-bond acceptors (Lipinski definition) is 3. The molecule has 3 aromatic rings. The normalized spacial score (nSPS) is 11.5. The smallest absolute Gasteiger partial charge is 0.258 e. The van der Waals surface area contributed by atoms with E-state index in [-0.39, 0.29) is 17.7 Å². The highest BCUT2D eigenvalue weighted by Gasteiger charge is 2.18. The van der Waals surface area contributed by atoms with Crippen LogP contribution in [0.4, 0.5) is 10.1 Å². The maximum absolute atomic E-state index is 13.9. The molecular formula is C24H23FN2O3S. The summed E-state index contributed by atoms with van der Waals surface area (Å²) in [6, 6.07) is 20.2. The Morgan fingerprint density at radius 3 is 2.29 bits per heavy atom. The minimum Gasteiger partial charge on any atom is -0.351 e. The lowest BCUT2D eigenvalue weighted by Crippen LogP contribution is -2.29. The topological polar surface area (TPSA) is 75.3 Å². The molecule has 0 aliphatic carbocycles. The van der Waals surface area contributed by atoms with Crippen LogP contribution in [0.25, 0.3) is 0 Å². The highest BCUT2D eigenvalue weighted by molar-refractivity contribution is 7.84. The molecule has 7 heteroatoms. The second-order valence-electron chi connectivity index (χ2n) is 6.96. The van der Waals surface area contributed by atoms with Crippen molar-refractivity contribution in [1.82, 2.24) is 5.32 Å². The number of hydrogen-bond donors (Lipinski definition) is 2. The third-order valence-electron chi connectivity index (χ3n) is 4.66. The van der Waals surface area contributed by atoms with Crippen LogP contribution < -0.4 is 10.6 Å². The van der Waals surface area contributed by atoms with Crippen molar-refractivity contribution >= 4 is 28.3 Å². The summed E-state index contributed by atoms with van der Waals surface area (Å²) in [6.07, 6.45) is 0. The van der Waals surface area contributed by atoms with Gasteiger partial charge in [-0.2, -0.15) is 0 Å². The third-order valence-corrected chi connectivity index (χ3v) is 5.97. The van der Waals surface area contributed by atoms with E-state index in [9.17, 15) is 18.2 Å². The van der Waals surface area contributed by atoms with Crippen LogP contribution in [-0.4, -0.2) is 28.3 Å². The van der Waals surface area contributed by atoms with Crippen LogP contribution in [0.1, 0.15) is 31.8 Å². The number of anilines is 1. The molecule has 0 bridgehead atoms. The van der Waals surface area contributed by atoms with Gasteiger partial charge in [0.25, 0.3) is 11.8 Å². The van der Waals surface area contributed by atoms with Gasteiger partial charge in [-0.1, -0.05) is 54.6 Å².